The van der Waals surface area contributed by atoms with Crippen molar-refractivity contribution in [3.63, 3.8) is 0 Å². The summed E-state index contributed by atoms with van der Waals surface area (Å²) in [6.07, 6.45) is 0. The highest BCUT2D eigenvalue weighted by atomic mass is 16.6. The third kappa shape index (κ3) is 3.17. The van der Waals surface area contributed by atoms with Crippen molar-refractivity contribution < 1.29 is 14.5 Å². The molecule has 1 atom stereocenters. The van der Waals surface area contributed by atoms with Crippen molar-refractivity contribution in [2.24, 2.45) is 5.73 Å². The fourth-order valence-corrected chi connectivity index (χ4v) is 1.34. The summed E-state index contributed by atoms with van der Waals surface area (Å²) in [5.74, 6) is -0.297. The normalized spacial score (nSPS) is 11.7. The van der Waals surface area contributed by atoms with Gasteiger partial charge in [-0.2, -0.15) is 0 Å². The molecule has 0 fully saturated rings. The lowest BCUT2D eigenvalue weighted by Gasteiger charge is -2.11. The van der Waals surface area contributed by atoms with E-state index in [9.17, 15) is 14.9 Å². The number of nitrogens with one attached hydrogen (secondary N) is 1. The Morgan fingerprint density at radius 2 is 2.28 bits per heavy atom. The third-order valence-corrected chi connectivity index (χ3v) is 2.37. The summed E-state index contributed by atoms with van der Waals surface area (Å²) in [5.41, 5.74) is 5.50. The molecule has 7 nitrogen and oxygen atoms in total. The second-order valence-electron chi connectivity index (χ2n) is 3.75. The minimum Gasteiger partial charge on any atom is -0.490 e. The van der Waals surface area contributed by atoms with Gasteiger partial charge in [-0.1, -0.05) is 0 Å². The van der Waals surface area contributed by atoms with Crippen LogP contribution in [0.4, 0.5) is 5.69 Å². The van der Waals surface area contributed by atoms with Gasteiger partial charge in [0.1, 0.15) is 0 Å². The number of ether oxygens (including phenoxy) is 1. The number of hydrogen-bond acceptors (Lipinski definition) is 5. The van der Waals surface area contributed by atoms with Crippen molar-refractivity contribution in [3.05, 3.63) is 33.9 Å². The van der Waals surface area contributed by atoms with E-state index in [2.05, 4.69) is 5.32 Å². The van der Waals surface area contributed by atoms with Crippen molar-refractivity contribution in [2.75, 3.05) is 13.7 Å². The molecule has 0 aliphatic rings. The third-order valence-electron chi connectivity index (χ3n) is 2.37. The number of nitrogens with zero attached hydrogens (tertiary/aromatic N) is 1. The molecular weight excluding hydrogens is 238 g/mol. The number of nitro groups is 1. The van der Waals surface area contributed by atoms with Crippen LogP contribution in [0.15, 0.2) is 18.2 Å². The van der Waals surface area contributed by atoms with E-state index in [4.69, 9.17) is 10.5 Å². The van der Waals surface area contributed by atoms with E-state index < -0.39 is 4.92 Å². The maximum absolute atomic E-state index is 11.8. The Labute approximate surface area is 104 Å². The van der Waals surface area contributed by atoms with Gasteiger partial charge in [0, 0.05) is 30.3 Å². The smallest absolute Gasteiger partial charge is 0.310 e. The van der Waals surface area contributed by atoms with Gasteiger partial charge >= 0.3 is 5.69 Å². The van der Waals surface area contributed by atoms with E-state index in [1.54, 1.807) is 6.92 Å². The summed E-state index contributed by atoms with van der Waals surface area (Å²) in [6, 6.07) is 3.77. The number of carbonyl (C=O) groups is 1. The van der Waals surface area contributed by atoms with Gasteiger partial charge in [0.25, 0.3) is 5.91 Å². The van der Waals surface area contributed by atoms with Gasteiger partial charge < -0.3 is 15.8 Å². The predicted molar refractivity (Wildman–Crippen MR) is 65.6 cm³/mol. The molecule has 3 N–H and O–H groups in total. The number of rotatable bonds is 5. The van der Waals surface area contributed by atoms with Crippen LogP contribution in [0.5, 0.6) is 5.75 Å². The summed E-state index contributed by atoms with van der Waals surface area (Å²) in [5, 5.41) is 13.4. The molecule has 0 spiro atoms. The molecule has 0 radical (unpaired) electrons. The molecule has 7 heteroatoms. The first-order valence-electron chi connectivity index (χ1n) is 5.33. The number of carbonyl (C=O) groups excluding carboxylic acids is 1. The zero-order chi connectivity index (χ0) is 13.7. The van der Waals surface area contributed by atoms with E-state index in [0.717, 1.165) is 0 Å². The molecule has 0 saturated carbocycles. The van der Waals surface area contributed by atoms with Gasteiger partial charge in [0.05, 0.1) is 12.0 Å². The quantitative estimate of drug-likeness (QED) is 0.592. The van der Waals surface area contributed by atoms with Crippen molar-refractivity contribution in [1.82, 2.24) is 5.32 Å². The van der Waals surface area contributed by atoms with Crippen LogP contribution in [0.2, 0.25) is 0 Å². The minimum absolute atomic E-state index is 0.0491. The van der Waals surface area contributed by atoms with Gasteiger partial charge in [-0.3, -0.25) is 14.9 Å². The van der Waals surface area contributed by atoms with Gasteiger partial charge in [0.2, 0.25) is 0 Å². The number of amides is 1. The van der Waals surface area contributed by atoms with Crippen LogP contribution < -0.4 is 15.8 Å². The average molecular weight is 253 g/mol. The molecule has 0 aromatic heterocycles. The largest absolute Gasteiger partial charge is 0.490 e. The zero-order valence-corrected chi connectivity index (χ0v) is 10.2. The SMILES string of the molecule is COc1cc(C(=O)NC(C)CN)ccc1[N+](=O)[O-]. The molecule has 98 valence electrons. The van der Waals surface area contributed by atoms with Crippen LogP contribution in [-0.4, -0.2) is 30.5 Å². The monoisotopic (exact) mass is 253 g/mol. The van der Waals surface area contributed by atoms with Gasteiger partial charge in [-0.25, -0.2) is 0 Å². The highest BCUT2D eigenvalue weighted by molar-refractivity contribution is 5.95. The predicted octanol–water partition coefficient (Wildman–Crippen LogP) is 0.680. The van der Waals surface area contributed by atoms with Crippen molar-refractivity contribution in [3.8, 4) is 5.75 Å². The number of benzene rings is 1. The van der Waals surface area contributed by atoms with E-state index in [-0.39, 0.29) is 28.9 Å². The second kappa shape index (κ2) is 5.97. The molecule has 0 aliphatic carbocycles. The van der Waals surface area contributed by atoms with Crippen LogP contribution in [0.3, 0.4) is 0 Å². The maximum atomic E-state index is 11.8. The molecule has 1 aromatic carbocycles. The fourth-order valence-electron chi connectivity index (χ4n) is 1.34. The Bertz CT molecular complexity index is 462. The molecule has 0 heterocycles. The lowest BCUT2D eigenvalue weighted by atomic mass is 10.1. The van der Waals surface area contributed by atoms with E-state index >= 15 is 0 Å². The first-order chi connectivity index (χ1) is 8.49. The lowest BCUT2D eigenvalue weighted by Crippen LogP contribution is -2.37. The first kappa shape index (κ1) is 13.9. The molecule has 1 rings (SSSR count). The molecule has 0 saturated heterocycles. The Morgan fingerprint density at radius 1 is 1.61 bits per heavy atom. The molecule has 1 amide bonds. The number of methoxy groups -OCH3 is 1. The first-order valence-corrected chi connectivity index (χ1v) is 5.33. The van der Waals surface area contributed by atoms with E-state index in [1.165, 1.54) is 25.3 Å². The molecule has 18 heavy (non-hydrogen) atoms. The van der Waals surface area contributed by atoms with Crippen LogP contribution >= 0.6 is 0 Å². The molecule has 0 bridgehead atoms. The maximum Gasteiger partial charge on any atom is 0.310 e. The second-order valence-corrected chi connectivity index (χ2v) is 3.75. The fraction of sp³-hybridized carbons (Fsp3) is 0.364. The Kier molecular flexibility index (Phi) is 4.61. The highest BCUT2D eigenvalue weighted by Gasteiger charge is 2.17. The van der Waals surface area contributed by atoms with Crippen molar-refractivity contribution >= 4 is 11.6 Å². The molecule has 0 aliphatic heterocycles. The van der Waals surface area contributed by atoms with Crippen LogP contribution in [0.25, 0.3) is 0 Å². The Hall–Kier alpha value is -2.15. The van der Waals surface area contributed by atoms with Gasteiger partial charge in [-0.05, 0) is 13.0 Å². The van der Waals surface area contributed by atoms with Crippen LogP contribution in [0.1, 0.15) is 17.3 Å². The van der Waals surface area contributed by atoms with Crippen molar-refractivity contribution in [1.29, 1.82) is 0 Å². The Balaban J connectivity index is 2.98. The topological polar surface area (TPSA) is 107 Å². The van der Waals surface area contributed by atoms with Crippen LogP contribution in [-0.2, 0) is 0 Å². The number of hydrogen-bond donors (Lipinski definition) is 2. The van der Waals surface area contributed by atoms with Crippen LogP contribution in [0, 0.1) is 10.1 Å². The number of nitrogens with two attached hydrogens (primary N) is 1. The average Bonchev–Trinajstić information content (AvgIpc) is 2.37. The molecule has 1 aromatic rings. The van der Waals surface area contributed by atoms with Crippen molar-refractivity contribution in [2.45, 2.75) is 13.0 Å². The summed E-state index contributed by atoms with van der Waals surface area (Å²) in [7, 11) is 1.31. The Morgan fingerprint density at radius 3 is 2.78 bits per heavy atom. The summed E-state index contributed by atoms with van der Waals surface area (Å²) in [4.78, 5) is 21.9. The summed E-state index contributed by atoms with van der Waals surface area (Å²) in [6.45, 7) is 2.08. The summed E-state index contributed by atoms with van der Waals surface area (Å²) < 4.78 is 4.88. The van der Waals surface area contributed by atoms with Gasteiger partial charge in [0.15, 0.2) is 5.75 Å². The highest BCUT2D eigenvalue weighted by Crippen LogP contribution is 2.27. The zero-order valence-electron chi connectivity index (χ0n) is 10.2. The molecule has 1 unspecified atom stereocenters. The lowest BCUT2D eigenvalue weighted by molar-refractivity contribution is -0.385. The minimum atomic E-state index is -0.566. The summed E-state index contributed by atoms with van der Waals surface area (Å²) >= 11 is 0. The van der Waals surface area contributed by atoms with Gasteiger partial charge in [-0.15, -0.1) is 0 Å². The molecular formula is C11H15N3O4. The van der Waals surface area contributed by atoms with E-state index in [1.807, 2.05) is 0 Å². The van der Waals surface area contributed by atoms with E-state index in [0.29, 0.717) is 6.54 Å². The number of nitro benzene ring substituents is 1. The standard InChI is InChI=1S/C11H15N3O4/c1-7(6-12)13-11(15)8-3-4-9(14(16)17)10(5-8)18-2/h3-5,7H,6,12H2,1-2H3,(H,13,15).